The van der Waals surface area contributed by atoms with Gasteiger partial charge in [0, 0.05) is 18.1 Å². The monoisotopic (exact) mass is 396 g/mol. The quantitative estimate of drug-likeness (QED) is 0.502. The number of thiazole rings is 1. The van der Waals surface area contributed by atoms with Crippen LogP contribution in [0.5, 0.6) is 0 Å². The summed E-state index contributed by atoms with van der Waals surface area (Å²) in [6, 6.07) is 7.84. The van der Waals surface area contributed by atoms with Crippen molar-refractivity contribution in [3.63, 3.8) is 0 Å². The highest BCUT2D eigenvalue weighted by Gasteiger charge is 2.19. The van der Waals surface area contributed by atoms with Gasteiger partial charge in [-0.05, 0) is 44.4 Å². The maximum atomic E-state index is 13.0. The highest BCUT2D eigenvalue weighted by molar-refractivity contribution is 7.17. The first-order valence-electron chi connectivity index (χ1n) is 8.65. The molecule has 4 aromatic rings. The fourth-order valence-electron chi connectivity index (χ4n) is 3.15. The van der Waals surface area contributed by atoms with Gasteiger partial charge in [0.05, 0.1) is 39.8 Å². The molecule has 0 aromatic carbocycles. The number of thiophene rings is 1. The second-order valence-corrected chi connectivity index (χ2v) is 8.77. The van der Waals surface area contributed by atoms with E-state index in [1.807, 2.05) is 50.5 Å². The van der Waals surface area contributed by atoms with E-state index in [0.29, 0.717) is 12.1 Å². The first kappa shape index (κ1) is 17.9. The summed E-state index contributed by atoms with van der Waals surface area (Å²) >= 11 is 3.31. The molecule has 0 fully saturated rings. The molecule has 0 atom stereocenters. The van der Waals surface area contributed by atoms with Crippen LogP contribution in [0.2, 0.25) is 0 Å². The minimum atomic E-state index is -0.0287. The number of aryl methyl sites for hydroxylation is 3. The van der Waals surface area contributed by atoms with Gasteiger partial charge in [-0.15, -0.1) is 22.7 Å². The first-order chi connectivity index (χ1) is 12.9. The molecule has 0 radical (unpaired) electrons. The van der Waals surface area contributed by atoms with Crippen LogP contribution in [0, 0.1) is 20.8 Å². The van der Waals surface area contributed by atoms with E-state index >= 15 is 0 Å². The van der Waals surface area contributed by atoms with E-state index in [-0.39, 0.29) is 5.91 Å². The molecule has 0 unspecified atom stereocenters. The van der Waals surface area contributed by atoms with Gasteiger partial charge in [0.15, 0.2) is 4.96 Å². The highest BCUT2D eigenvalue weighted by Crippen LogP contribution is 2.25. The minimum Gasteiger partial charge on any atom is -0.336 e. The number of hydrogen-bond donors (Lipinski definition) is 0. The molecular formula is C20H20N4OS2. The number of amides is 1. The molecule has 4 heterocycles. The Kier molecular flexibility index (Phi) is 4.57. The molecule has 4 aromatic heterocycles. The molecule has 0 saturated heterocycles. The topological polar surface area (TPSA) is 50.5 Å². The number of pyridine rings is 1. The third-order valence-corrected chi connectivity index (χ3v) is 6.35. The van der Waals surface area contributed by atoms with Crippen molar-refractivity contribution in [3.8, 4) is 10.6 Å². The van der Waals surface area contributed by atoms with Crippen molar-refractivity contribution < 1.29 is 4.79 Å². The van der Waals surface area contributed by atoms with E-state index in [2.05, 4.69) is 27.5 Å². The molecule has 0 N–H and O–H groups in total. The Hall–Kier alpha value is -2.51. The molecule has 0 aliphatic carbocycles. The van der Waals surface area contributed by atoms with Gasteiger partial charge in [-0.25, -0.2) is 4.98 Å². The lowest BCUT2D eigenvalue weighted by Gasteiger charge is -2.18. The standard InChI is InChI=1S/C20H20N4OS2/c1-12-10-24-17(14(3)22-20(24)27-12)11-23(4)19(25)15-7-8-16(21-13(15)2)18-6-5-9-26-18/h5-10H,11H2,1-4H3. The van der Waals surface area contributed by atoms with Crippen LogP contribution in [-0.2, 0) is 6.54 Å². The molecule has 5 nitrogen and oxygen atoms in total. The Labute approximate surface area is 165 Å². The normalized spacial score (nSPS) is 11.3. The predicted molar refractivity (Wildman–Crippen MR) is 111 cm³/mol. The van der Waals surface area contributed by atoms with Gasteiger partial charge in [0.25, 0.3) is 5.91 Å². The van der Waals surface area contributed by atoms with Crippen LogP contribution in [-0.4, -0.2) is 32.2 Å². The number of imidazole rings is 1. The van der Waals surface area contributed by atoms with Gasteiger partial charge in [0.1, 0.15) is 0 Å². The van der Waals surface area contributed by atoms with Crippen LogP contribution in [0.3, 0.4) is 0 Å². The molecule has 0 spiro atoms. The minimum absolute atomic E-state index is 0.0287. The van der Waals surface area contributed by atoms with Crippen LogP contribution in [0.1, 0.15) is 32.3 Å². The number of nitrogens with zero attached hydrogens (tertiary/aromatic N) is 4. The van der Waals surface area contributed by atoms with Gasteiger partial charge in [0.2, 0.25) is 0 Å². The third-order valence-electron chi connectivity index (χ3n) is 4.56. The van der Waals surface area contributed by atoms with E-state index in [9.17, 15) is 4.79 Å². The summed E-state index contributed by atoms with van der Waals surface area (Å²) in [5.41, 5.74) is 4.30. The Morgan fingerprint density at radius 2 is 1.96 bits per heavy atom. The predicted octanol–water partition coefficient (Wildman–Crippen LogP) is 4.72. The second kappa shape index (κ2) is 6.90. The van der Waals surface area contributed by atoms with Gasteiger partial charge >= 0.3 is 0 Å². The Morgan fingerprint density at radius 3 is 2.67 bits per heavy atom. The summed E-state index contributed by atoms with van der Waals surface area (Å²) in [5.74, 6) is -0.0287. The van der Waals surface area contributed by atoms with Crippen LogP contribution in [0.4, 0.5) is 0 Å². The van der Waals surface area contributed by atoms with E-state index < -0.39 is 0 Å². The summed E-state index contributed by atoms with van der Waals surface area (Å²) < 4.78 is 2.09. The van der Waals surface area contributed by atoms with Crippen molar-refractivity contribution in [2.75, 3.05) is 7.05 Å². The van der Waals surface area contributed by atoms with Crippen molar-refractivity contribution in [3.05, 3.63) is 63.4 Å². The summed E-state index contributed by atoms with van der Waals surface area (Å²) in [7, 11) is 1.83. The van der Waals surface area contributed by atoms with Crippen molar-refractivity contribution in [1.82, 2.24) is 19.3 Å². The number of hydrogen-bond acceptors (Lipinski definition) is 5. The van der Waals surface area contributed by atoms with Crippen molar-refractivity contribution in [2.24, 2.45) is 0 Å². The van der Waals surface area contributed by atoms with Crippen molar-refractivity contribution >= 4 is 33.5 Å². The summed E-state index contributed by atoms with van der Waals surface area (Å²) in [4.78, 5) is 27.3. The summed E-state index contributed by atoms with van der Waals surface area (Å²) in [5, 5.41) is 2.03. The fourth-order valence-corrected chi connectivity index (χ4v) is 4.74. The zero-order chi connectivity index (χ0) is 19.1. The molecule has 0 aliphatic rings. The van der Waals surface area contributed by atoms with Gasteiger partial charge in [-0.2, -0.15) is 0 Å². The molecule has 27 heavy (non-hydrogen) atoms. The largest absolute Gasteiger partial charge is 0.336 e. The molecular weight excluding hydrogens is 376 g/mol. The second-order valence-electron chi connectivity index (χ2n) is 6.61. The Balaban J connectivity index is 1.59. The molecule has 4 rings (SSSR count). The number of aromatic nitrogens is 3. The van der Waals surface area contributed by atoms with Crippen molar-refractivity contribution in [2.45, 2.75) is 27.3 Å². The lowest BCUT2D eigenvalue weighted by Crippen LogP contribution is -2.28. The maximum Gasteiger partial charge on any atom is 0.255 e. The van der Waals surface area contributed by atoms with Crippen molar-refractivity contribution in [1.29, 1.82) is 0 Å². The van der Waals surface area contributed by atoms with E-state index in [0.717, 1.165) is 32.6 Å². The zero-order valence-electron chi connectivity index (χ0n) is 15.7. The molecule has 0 bridgehead atoms. The Bertz CT molecular complexity index is 1120. The van der Waals surface area contributed by atoms with E-state index in [4.69, 9.17) is 0 Å². The molecule has 138 valence electrons. The van der Waals surface area contributed by atoms with Crippen LogP contribution in [0.15, 0.2) is 35.8 Å². The van der Waals surface area contributed by atoms with Crippen LogP contribution in [0.25, 0.3) is 15.5 Å². The average Bonchev–Trinajstić information content (AvgIpc) is 3.33. The highest BCUT2D eigenvalue weighted by atomic mass is 32.1. The van der Waals surface area contributed by atoms with E-state index in [1.165, 1.54) is 4.88 Å². The lowest BCUT2D eigenvalue weighted by atomic mass is 10.1. The molecule has 0 saturated carbocycles. The lowest BCUT2D eigenvalue weighted by molar-refractivity contribution is 0.0782. The Morgan fingerprint density at radius 1 is 1.15 bits per heavy atom. The third kappa shape index (κ3) is 3.28. The fraction of sp³-hybridized carbons (Fsp3) is 0.250. The number of carbonyl (C=O) groups is 1. The van der Waals surface area contributed by atoms with Crippen LogP contribution >= 0.6 is 22.7 Å². The summed E-state index contributed by atoms with van der Waals surface area (Å²) in [6.07, 6.45) is 2.08. The average molecular weight is 397 g/mol. The number of carbonyl (C=O) groups excluding carboxylic acids is 1. The maximum absolute atomic E-state index is 13.0. The molecule has 7 heteroatoms. The van der Waals surface area contributed by atoms with Gasteiger partial charge in [-0.1, -0.05) is 6.07 Å². The smallest absolute Gasteiger partial charge is 0.255 e. The number of rotatable bonds is 4. The summed E-state index contributed by atoms with van der Waals surface area (Å²) in [6.45, 7) is 6.46. The van der Waals surface area contributed by atoms with Crippen LogP contribution < -0.4 is 0 Å². The van der Waals surface area contributed by atoms with Gasteiger partial charge in [-0.3, -0.25) is 14.2 Å². The van der Waals surface area contributed by atoms with E-state index in [1.54, 1.807) is 27.6 Å². The van der Waals surface area contributed by atoms with Gasteiger partial charge < -0.3 is 4.90 Å². The number of fused-ring (bicyclic) bond motifs is 1. The molecule has 1 amide bonds. The first-order valence-corrected chi connectivity index (χ1v) is 10.3. The molecule has 0 aliphatic heterocycles. The zero-order valence-corrected chi connectivity index (χ0v) is 17.3. The SMILES string of the molecule is Cc1cn2c(CN(C)C(=O)c3ccc(-c4cccs4)nc3C)c(C)nc2s1.